The first-order valence-electron chi connectivity index (χ1n) is 12.2. The monoisotopic (exact) mass is 491 g/mol. The average Bonchev–Trinajstić information content (AvgIpc) is 3.15. The Kier molecular flexibility index (Phi) is 6.76. The summed E-state index contributed by atoms with van der Waals surface area (Å²) in [5.74, 6) is -2.06. The number of morpholine rings is 1. The van der Waals surface area contributed by atoms with E-state index in [9.17, 15) is 19.5 Å². The molecule has 5 aliphatic heterocycles. The Hall–Kier alpha value is -1.88. The number of hydrogen-bond acceptors (Lipinski definition) is 8. The predicted molar refractivity (Wildman–Crippen MR) is 126 cm³/mol. The van der Waals surface area contributed by atoms with E-state index >= 15 is 0 Å². The molecule has 1 N–H and O–H groups in total. The van der Waals surface area contributed by atoms with E-state index in [0.29, 0.717) is 32.7 Å². The maximum absolute atomic E-state index is 14.1. The lowest BCUT2D eigenvalue weighted by Crippen LogP contribution is -2.57. The third-order valence-corrected chi connectivity index (χ3v) is 9.54. The third kappa shape index (κ3) is 3.79. The molecule has 3 saturated heterocycles. The summed E-state index contributed by atoms with van der Waals surface area (Å²) >= 11 is 1.53. The molecule has 1 spiro atoms. The first-order chi connectivity index (χ1) is 16.5. The van der Waals surface area contributed by atoms with Gasteiger partial charge in [0.05, 0.1) is 42.4 Å². The van der Waals surface area contributed by atoms with Crippen molar-refractivity contribution in [2.24, 2.45) is 11.8 Å². The van der Waals surface area contributed by atoms with Gasteiger partial charge in [0.1, 0.15) is 12.6 Å². The van der Waals surface area contributed by atoms with Crippen LogP contribution in [-0.4, -0.2) is 119 Å². The zero-order chi connectivity index (χ0) is 23.9. The standard InChI is InChI=1S/C24H33N3O6S/c1-2-16(15-28)27-20-22(30)26(9-8-25-10-13-32-14-11-25)7-4-6-24(20)19(21(27)29)18-17(34-24)5-3-12-33-23(18)31/h3-6,16-20,28H,2,7-15H2,1H3/t16-,17+,18-,19-,20?,24-/m0/s1. The van der Waals surface area contributed by atoms with Gasteiger partial charge in [-0.2, -0.15) is 0 Å². The van der Waals surface area contributed by atoms with Crippen LogP contribution in [0, 0.1) is 11.8 Å². The number of amides is 2. The van der Waals surface area contributed by atoms with Crippen LogP contribution >= 0.6 is 11.8 Å². The van der Waals surface area contributed by atoms with E-state index < -0.39 is 28.7 Å². The molecule has 9 nitrogen and oxygen atoms in total. The van der Waals surface area contributed by atoms with Gasteiger partial charge < -0.3 is 24.4 Å². The van der Waals surface area contributed by atoms with Crippen molar-refractivity contribution in [3.8, 4) is 0 Å². The lowest BCUT2D eigenvalue weighted by atomic mass is 9.78. The van der Waals surface area contributed by atoms with Gasteiger partial charge in [0.25, 0.3) is 0 Å². The van der Waals surface area contributed by atoms with Gasteiger partial charge in [-0.15, -0.1) is 11.8 Å². The van der Waals surface area contributed by atoms with Crippen LogP contribution in [0.2, 0.25) is 0 Å². The van der Waals surface area contributed by atoms with E-state index in [1.165, 1.54) is 11.8 Å². The number of fused-ring (bicyclic) bond motifs is 2. The van der Waals surface area contributed by atoms with Crippen LogP contribution in [0.25, 0.3) is 0 Å². The minimum atomic E-state index is -0.861. The summed E-state index contributed by atoms with van der Waals surface area (Å²) in [6.07, 6.45) is 8.27. The van der Waals surface area contributed by atoms with Crippen molar-refractivity contribution in [1.29, 1.82) is 0 Å². The smallest absolute Gasteiger partial charge is 0.311 e. The van der Waals surface area contributed by atoms with Crippen LogP contribution in [0.4, 0.5) is 0 Å². The summed E-state index contributed by atoms with van der Waals surface area (Å²) in [6.45, 7) is 6.71. The highest BCUT2D eigenvalue weighted by atomic mass is 32.2. The van der Waals surface area contributed by atoms with Crippen molar-refractivity contribution in [3.05, 3.63) is 24.3 Å². The molecule has 0 aromatic heterocycles. The van der Waals surface area contributed by atoms with Crippen molar-refractivity contribution in [3.63, 3.8) is 0 Å². The number of rotatable bonds is 6. The quantitative estimate of drug-likeness (QED) is 0.406. The van der Waals surface area contributed by atoms with E-state index in [1.807, 2.05) is 36.1 Å². The van der Waals surface area contributed by atoms with Gasteiger partial charge in [-0.05, 0) is 6.42 Å². The number of esters is 1. The van der Waals surface area contributed by atoms with Crippen LogP contribution in [0.5, 0.6) is 0 Å². The molecule has 0 saturated carbocycles. The predicted octanol–water partition coefficient (Wildman–Crippen LogP) is -0.102. The summed E-state index contributed by atoms with van der Waals surface area (Å²) in [5, 5.41) is 9.89. The molecule has 2 amide bonds. The summed E-state index contributed by atoms with van der Waals surface area (Å²) in [6, 6.07) is -1.24. The summed E-state index contributed by atoms with van der Waals surface area (Å²) in [4.78, 5) is 46.7. The Morgan fingerprint density at radius 3 is 2.71 bits per heavy atom. The van der Waals surface area contributed by atoms with Crippen molar-refractivity contribution >= 4 is 29.5 Å². The number of aliphatic hydroxyl groups is 1. The average molecular weight is 492 g/mol. The minimum absolute atomic E-state index is 0.109. The zero-order valence-electron chi connectivity index (χ0n) is 19.5. The number of thioether (sulfide) groups is 1. The van der Waals surface area contributed by atoms with Gasteiger partial charge in [0, 0.05) is 38.0 Å². The second kappa shape index (κ2) is 9.64. The SMILES string of the molecule is CC[C@@H](CO)N1C(=O)[C@@H]2[C@H]3C(=O)OCC=C[C@H]3S[C@@]23C=CCN(CCN2CCOCC2)C(=O)C13. The third-order valence-electron chi connectivity index (χ3n) is 7.80. The number of ether oxygens (including phenoxy) is 2. The molecule has 6 atom stereocenters. The Labute approximate surface area is 204 Å². The maximum Gasteiger partial charge on any atom is 0.311 e. The second-order valence-corrected chi connectivity index (χ2v) is 11.0. The van der Waals surface area contributed by atoms with Crippen LogP contribution in [0.15, 0.2) is 24.3 Å². The molecule has 1 unspecified atom stereocenters. The maximum atomic E-state index is 14.1. The van der Waals surface area contributed by atoms with Gasteiger partial charge in [-0.25, -0.2) is 0 Å². The van der Waals surface area contributed by atoms with E-state index in [0.717, 1.165) is 19.6 Å². The Morgan fingerprint density at radius 2 is 1.97 bits per heavy atom. The van der Waals surface area contributed by atoms with Gasteiger partial charge in [0.2, 0.25) is 11.8 Å². The van der Waals surface area contributed by atoms with Crippen molar-refractivity contribution in [1.82, 2.24) is 14.7 Å². The molecular weight excluding hydrogens is 458 g/mol. The number of aliphatic hydroxyl groups excluding tert-OH is 1. The molecule has 3 fully saturated rings. The molecule has 0 radical (unpaired) electrons. The Balaban J connectivity index is 1.49. The lowest BCUT2D eigenvalue weighted by molar-refractivity contribution is -0.152. The summed E-state index contributed by atoms with van der Waals surface area (Å²) in [5.41, 5.74) is 0. The molecule has 5 heterocycles. The van der Waals surface area contributed by atoms with Crippen LogP contribution < -0.4 is 0 Å². The number of cyclic esters (lactones) is 1. The molecule has 34 heavy (non-hydrogen) atoms. The number of carbonyl (C=O) groups is 3. The van der Waals surface area contributed by atoms with E-state index in [2.05, 4.69) is 4.90 Å². The zero-order valence-corrected chi connectivity index (χ0v) is 20.3. The summed E-state index contributed by atoms with van der Waals surface area (Å²) in [7, 11) is 0. The van der Waals surface area contributed by atoms with Crippen molar-refractivity contribution in [2.45, 2.75) is 35.4 Å². The highest BCUT2D eigenvalue weighted by Gasteiger charge is 2.71. The van der Waals surface area contributed by atoms with Crippen LogP contribution in [0.1, 0.15) is 13.3 Å². The lowest BCUT2D eigenvalue weighted by Gasteiger charge is -2.38. The second-order valence-electron chi connectivity index (χ2n) is 9.53. The fourth-order valence-corrected chi connectivity index (χ4v) is 8.04. The Morgan fingerprint density at radius 1 is 1.18 bits per heavy atom. The fourth-order valence-electron chi connectivity index (χ4n) is 6.05. The largest absolute Gasteiger partial charge is 0.461 e. The molecule has 5 aliphatic rings. The Bertz CT molecular complexity index is 886. The number of hydrogen-bond donors (Lipinski definition) is 1. The van der Waals surface area contributed by atoms with E-state index in [4.69, 9.17) is 9.47 Å². The number of carbonyl (C=O) groups excluding carboxylic acids is 3. The first-order valence-corrected chi connectivity index (χ1v) is 13.1. The topological polar surface area (TPSA) is 99.6 Å². The summed E-state index contributed by atoms with van der Waals surface area (Å²) < 4.78 is 9.96. The van der Waals surface area contributed by atoms with Gasteiger partial charge in [0.15, 0.2) is 0 Å². The van der Waals surface area contributed by atoms with E-state index in [1.54, 1.807) is 4.90 Å². The van der Waals surface area contributed by atoms with Gasteiger partial charge >= 0.3 is 5.97 Å². The fraction of sp³-hybridized carbons (Fsp3) is 0.708. The molecule has 186 valence electrons. The van der Waals surface area contributed by atoms with Gasteiger partial charge in [-0.3, -0.25) is 19.3 Å². The molecule has 10 heteroatoms. The van der Waals surface area contributed by atoms with Crippen molar-refractivity contribution in [2.75, 3.05) is 59.2 Å². The normalized spacial score (nSPS) is 36.6. The van der Waals surface area contributed by atoms with Gasteiger partial charge in [-0.1, -0.05) is 31.2 Å². The molecule has 5 rings (SSSR count). The highest BCUT2D eigenvalue weighted by Crippen LogP contribution is 2.61. The molecule has 0 aromatic rings. The van der Waals surface area contributed by atoms with E-state index in [-0.39, 0.29) is 36.2 Å². The van der Waals surface area contributed by atoms with Crippen molar-refractivity contribution < 1.29 is 29.0 Å². The molecule has 0 aliphatic carbocycles. The molecule has 0 bridgehead atoms. The molecule has 0 aromatic carbocycles. The minimum Gasteiger partial charge on any atom is -0.461 e. The number of nitrogens with zero attached hydrogens (tertiary/aromatic N) is 3. The highest BCUT2D eigenvalue weighted by molar-refractivity contribution is 8.02. The molecular formula is C24H33N3O6S. The van der Waals surface area contributed by atoms with Crippen LogP contribution in [0.3, 0.4) is 0 Å². The number of likely N-dealkylation sites (tertiary alicyclic amines) is 1. The van der Waals surface area contributed by atoms with Crippen LogP contribution in [-0.2, 0) is 23.9 Å². The first kappa shape index (κ1) is 23.8.